The van der Waals surface area contributed by atoms with E-state index >= 15 is 0 Å². The van der Waals surface area contributed by atoms with Crippen molar-refractivity contribution < 1.29 is 9.40 Å². The number of nitrogens with zero attached hydrogens (tertiary/aromatic N) is 1. The number of nitrogens with one attached hydrogen (secondary N) is 1. The van der Waals surface area contributed by atoms with Crippen LogP contribution in [0.1, 0.15) is 24.0 Å². The molecular formula is C21H22BrN2O2+. The molecule has 0 unspecified atom stereocenters. The highest BCUT2D eigenvalue weighted by Gasteiger charge is 2.27. The summed E-state index contributed by atoms with van der Waals surface area (Å²) in [6, 6.07) is 8.04. The van der Waals surface area contributed by atoms with E-state index in [0.29, 0.717) is 5.56 Å². The first-order chi connectivity index (χ1) is 12.8. The summed E-state index contributed by atoms with van der Waals surface area (Å²) >= 11 is 2.94. The van der Waals surface area contributed by atoms with Gasteiger partial charge in [0.25, 0.3) is 0 Å². The van der Waals surface area contributed by atoms with E-state index in [1.807, 2.05) is 36.4 Å². The predicted molar refractivity (Wildman–Crippen MR) is 108 cm³/mol. The van der Waals surface area contributed by atoms with Crippen molar-refractivity contribution in [3.63, 3.8) is 0 Å². The van der Waals surface area contributed by atoms with Gasteiger partial charge in [-0.15, -0.1) is 0 Å². The van der Waals surface area contributed by atoms with E-state index in [1.54, 1.807) is 0 Å². The molecule has 0 spiro atoms. The zero-order valence-corrected chi connectivity index (χ0v) is 16.4. The summed E-state index contributed by atoms with van der Waals surface area (Å²) in [5, 5.41) is 1.05. The van der Waals surface area contributed by atoms with E-state index in [0.717, 1.165) is 48.9 Å². The molecule has 4 nitrogen and oxygen atoms in total. The van der Waals surface area contributed by atoms with Gasteiger partial charge in [0.15, 0.2) is 12.4 Å². The molecule has 5 heteroatoms. The molecule has 0 bridgehead atoms. The minimum absolute atomic E-state index is 0.252. The van der Waals surface area contributed by atoms with Crippen molar-refractivity contribution in [2.24, 2.45) is 0 Å². The average Bonchev–Trinajstić information content (AvgIpc) is 2.71. The van der Waals surface area contributed by atoms with Gasteiger partial charge in [0, 0.05) is 47.4 Å². The van der Waals surface area contributed by atoms with Crippen molar-refractivity contribution in [3.8, 4) is 11.1 Å². The molecule has 2 aliphatic rings. The molecule has 0 aliphatic carbocycles. The Morgan fingerprint density at radius 1 is 1.08 bits per heavy atom. The molecule has 1 N–H and O–H groups in total. The van der Waals surface area contributed by atoms with Crippen LogP contribution in [0.5, 0.6) is 0 Å². The van der Waals surface area contributed by atoms with Crippen molar-refractivity contribution >= 4 is 32.6 Å². The highest BCUT2D eigenvalue weighted by molar-refractivity contribution is 9.08. The normalized spacial score (nSPS) is 15.2. The van der Waals surface area contributed by atoms with Crippen LogP contribution in [0.2, 0.25) is 0 Å². The third-order valence-corrected chi connectivity index (χ3v) is 5.24. The predicted octanol–water partition coefficient (Wildman–Crippen LogP) is 3.98. The Bertz CT molecular complexity index is 996. The van der Waals surface area contributed by atoms with E-state index in [1.165, 1.54) is 23.2 Å². The number of anilines is 1. The molecule has 4 heterocycles. The minimum atomic E-state index is -0.252. The monoisotopic (exact) mass is 413 g/mol. The van der Waals surface area contributed by atoms with E-state index in [4.69, 9.17) is 4.42 Å². The van der Waals surface area contributed by atoms with Crippen molar-refractivity contribution in [2.75, 3.05) is 23.8 Å². The van der Waals surface area contributed by atoms with Crippen LogP contribution in [-0.4, -0.2) is 18.9 Å². The Labute approximate surface area is 161 Å². The summed E-state index contributed by atoms with van der Waals surface area (Å²) in [6.07, 6.45) is 8.10. The molecule has 2 aromatic heterocycles. The number of hydrogen-bond donors (Lipinski definition) is 0. The van der Waals surface area contributed by atoms with Gasteiger partial charge in [-0.3, -0.25) is 0 Å². The number of halogens is 1. The van der Waals surface area contributed by atoms with Crippen molar-refractivity contribution in [2.45, 2.75) is 25.7 Å². The Morgan fingerprint density at radius 2 is 1.81 bits per heavy atom. The maximum absolute atomic E-state index is 12.6. The fraction of sp³-hybridized carbons (Fsp3) is 0.333. The van der Waals surface area contributed by atoms with Gasteiger partial charge in [0.05, 0.1) is 5.56 Å². The largest absolute Gasteiger partial charge is 0.422 e. The zero-order valence-electron chi connectivity index (χ0n) is 14.8. The Kier molecular flexibility index (Phi) is 4.81. The minimum Gasteiger partial charge on any atom is -0.422 e. The molecule has 0 atom stereocenters. The number of benzene rings is 1. The molecule has 0 saturated heterocycles. The van der Waals surface area contributed by atoms with E-state index in [9.17, 15) is 4.79 Å². The number of hydrogen-bond acceptors (Lipinski definition) is 3. The second kappa shape index (κ2) is 7.23. The fourth-order valence-corrected chi connectivity index (χ4v) is 4.21. The zero-order chi connectivity index (χ0) is 18.1. The number of rotatable bonds is 1. The summed E-state index contributed by atoms with van der Waals surface area (Å²) in [7, 11) is 0. The Balaban J connectivity index is 0.000000814. The first-order valence-corrected chi connectivity index (χ1v) is 10.6. The lowest BCUT2D eigenvalue weighted by atomic mass is 9.89. The van der Waals surface area contributed by atoms with Gasteiger partial charge < -0.3 is 9.32 Å². The van der Waals surface area contributed by atoms with Crippen LogP contribution >= 0.6 is 15.9 Å². The molecule has 0 fully saturated rings. The van der Waals surface area contributed by atoms with Gasteiger partial charge >= 0.3 is 5.63 Å². The van der Waals surface area contributed by atoms with Gasteiger partial charge in [0.2, 0.25) is 0 Å². The summed E-state index contributed by atoms with van der Waals surface area (Å²) in [6.45, 7) is 2.24. The van der Waals surface area contributed by atoms with Crippen LogP contribution in [-0.2, 0) is 12.8 Å². The first-order valence-electron chi connectivity index (χ1n) is 9.03. The van der Waals surface area contributed by atoms with Gasteiger partial charge in [-0.1, -0.05) is 15.9 Å². The molecule has 1 aromatic carbocycles. The standard InChI is InChI=1S/C20H18N2O2.CH3Br/c23-20-17(13-5-7-21-8-6-13)12-15-11-14-3-1-9-22-10-2-4-16(18(14)22)19(15)24-20;1-2/h5-8,11-12H,1-4,9-10H2;1H3/p+1. The number of pyridine rings is 1. The molecule has 134 valence electrons. The Morgan fingerprint density at radius 3 is 2.58 bits per heavy atom. The van der Waals surface area contributed by atoms with E-state index < -0.39 is 0 Å². The number of alkyl halides is 1. The maximum atomic E-state index is 12.6. The summed E-state index contributed by atoms with van der Waals surface area (Å²) < 4.78 is 5.83. The molecular weight excluding hydrogens is 392 g/mol. The maximum Gasteiger partial charge on any atom is 0.344 e. The number of aryl methyl sites for hydroxylation is 2. The average molecular weight is 414 g/mol. The van der Waals surface area contributed by atoms with Crippen LogP contribution in [0.25, 0.3) is 22.1 Å². The quantitative estimate of drug-likeness (QED) is 0.447. The lowest BCUT2D eigenvalue weighted by molar-refractivity contribution is -0.377. The van der Waals surface area contributed by atoms with Crippen LogP contribution < -0.4 is 15.5 Å². The van der Waals surface area contributed by atoms with Gasteiger partial charge in [-0.05, 0) is 49.2 Å². The van der Waals surface area contributed by atoms with Gasteiger partial charge in [-0.2, -0.15) is 0 Å². The van der Waals surface area contributed by atoms with Crippen LogP contribution in [0, 0.1) is 0 Å². The lowest BCUT2D eigenvalue weighted by Gasteiger charge is -2.37. The number of fused-ring (bicyclic) bond motifs is 2. The molecule has 26 heavy (non-hydrogen) atoms. The first kappa shape index (κ1) is 17.3. The molecule has 0 amide bonds. The number of aromatic nitrogens is 1. The highest BCUT2D eigenvalue weighted by Crippen LogP contribution is 2.40. The van der Waals surface area contributed by atoms with Gasteiger partial charge in [-0.25, -0.2) is 9.78 Å². The van der Waals surface area contributed by atoms with E-state index in [2.05, 4.69) is 31.9 Å². The van der Waals surface area contributed by atoms with E-state index in [-0.39, 0.29) is 5.63 Å². The number of H-pyrrole nitrogens is 1. The number of aromatic amines is 1. The van der Waals surface area contributed by atoms with Crippen molar-refractivity contribution in [3.05, 3.63) is 58.2 Å². The summed E-state index contributed by atoms with van der Waals surface area (Å²) in [5.41, 5.74) is 6.03. The van der Waals surface area contributed by atoms with Crippen molar-refractivity contribution in [1.29, 1.82) is 0 Å². The smallest absolute Gasteiger partial charge is 0.344 e. The topological polar surface area (TPSA) is 47.6 Å². The second-order valence-electron chi connectivity index (χ2n) is 6.71. The molecule has 2 aliphatic heterocycles. The third-order valence-electron chi connectivity index (χ3n) is 5.24. The second-order valence-corrected chi connectivity index (χ2v) is 6.71. The van der Waals surface area contributed by atoms with Crippen LogP contribution in [0.4, 0.5) is 5.69 Å². The highest BCUT2D eigenvalue weighted by atomic mass is 79.9. The fourth-order valence-electron chi connectivity index (χ4n) is 4.21. The lowest BCUT2D eigenvalue weighted by Crippen LogP contribution is -2.34. The van der Waals surface area contributed by atoms with Crippen LogP contribution in [0.3, 0.4) is 0 Å². The molecule has 0 radical (unpaired) electrons. The molecule has 5 rings (SSSR count). The van der Waals surface area contributed by atoms with Crippen molar-refractivity contribution in [1.82, 2.24) is 0 Å². The third kappa shape index (κ3) is 2.84. The summed E-state index contributed by atoms with van der Waals surface area (Å²) in [5.74, 6) is 1.81. The van der Waals surface area contributed by atoms with Gasteiger partial charge in [0.1, 0.15) is 5.58 Å². The molecule has 0 saturated carbocycles. The Hall–Kier alpha value is -2.14. The summed E-state index contributed by atoms with van der Waals surface area (Å²) in [4.78, 5) is 18.0. The van der Waals surface area contributed by atoms with Crippen LogP contribution in [0.15, 0.2) is 45.9 Å². The SMILES string of the molecule is CBr.O=c1oc2c3c4c(cc2cc1-c1cc[nH+]cc1)CCCN4CCC3. The molecule has 3 aromatic rings.